The van der Waals surface area contributed by atoms with Gasteiger partial charge in [0.2, 0.25) is 0 Å². The molecule has 1 aliphatic rings. The molecule has 2 heterocycles. The van der Waals surface area contributed by atoms with Gasteiger partial charge in [-0.15, -0.1) is 0 Å². The highest BCUT2D eigenvalue weighted by molar-refractivity contribution is 4.84. The Morgan fingerprint density at radius 3 is 1.88 bits per heavy atom. The van der Waals surface area contributed by atoms with Crippen LogP contribution < -0.4 is 0 Å². The minimum Gasteiger partial charge on any atom is -0.394 e. The molecule has 4 atom stereocenters. The smallest absolute Gasteiger partial charge is 0.184 e. The molecular formula is C9H14N2O5. The molecule has 1 aromatic rings. The van der Waals surface area contributed by atoms with E-state index in [1.54, 1.807) is 18.5 Å². The third-order valence-corrected chi connectivity index (χ3v) is 1.99. The van der Waals surface area contributed by atoms with Crippen molar-refractivity contribution in [3.8, 4) is 0 Å². The Kier molecular flexibility index (Phi) is 5.23. The van der Waals surface area contributed by atoms with Crippen LogP contribution >= 0.6 is 0 Å². The molecule has 0 aromatic carbocycles. The van der Waals surface area contributed by atoms with Crippen molar-refractivity contribution in [2.24, 2.45) is 0 Å². The van der Waals surface area contributed by atoms with Gasteiger partial charge in [0.05, 0.1) is 6.61 Å². The summed E-state index contributed by atoms with van der Waals surface area (Å²) in [4.78, 5) is 7.35. The van der Waals surface area contributed by atoms with Crippen molar-refractivity contribution in [1.29, 1.82) is 0 Å². The van der Waals surface area contributed by atoms with Crippen molar-refractivity contribution < 1.29 is 25.2 Å². The summed E-state index contributed by atoms with van der Waals surface area (Å²) in [7, 11) is 0. The fourth-order valence-corrected chi connectivity index (χ4v) is 1.13. The largest absolute Gasteiger partial charge is 0.394 e. The quantitative estimate of drug-likeness (QED) is 0.436. The van der Waals surface area contributed by atoms with Gasteiger partial charge in [-0.2, -0.15) is 0 Å². The van der Waals surface area contributed by atoms with Crippen molar-refractivity contribution >= 4 is 0 Å². The summed E-state index contributed by atoms with van der Waals surface area (Å²) in [5, 5.41) is 35.0. The molecule has 0 spiro atoms. The second kappa shape index (κ2) is 6.46. The molecule has 0 amide bonds. The lowest BCUT2D eigenvalue weighted by Gasteiger charge is -2.09. The Morgan fingerprint density at radius 1 is 1.06 bits per heavy atom. The lowest BCUT2D eigenvalue weighted by atomic mass is 10.1. The second-order valence-electron chi connectivity index (χ2n) is 3.13. The summed E-state index contributed by atoms with van der Waals surface area (Å²) < 4.78 is 4.54. The molecule has 16 heavy (non-hydrogen) atoms. The van der Waals surface area contributed by atoms with Gasteiger partial charge in [-0.25, -0.2) is 9.97 Å². The Balaban J connectivity index is 0.000000181. The number of aromatic nitrogens is 2. The number of rotatable bonds is 1. The fourth-order valence-electron chi connectivity index (χ4n) is 1.13. The summed E-state index contributed by atoms with van der Waals surface area (Å²) in [5.41, 5.74) is 0. The van der Waals surface area contributed by atoms with Crippen LogP contribution in [-0.4, -0.2) is 61.6 Å². The molecular weight excluding hydrogens is 216 g/mol. The molecule has 1 aliphatic heterocycles. The van der Waals surface area contributed by atoms with Gasteiger partial charge in [0.25, 0.3) is 0 Å². The summed E-state index contributed by atoms with van der Waals surface area (Å²) in [6, 6.07) is 1.78. The zero-order valence-electron chi connectivity index (χ0n) is 8.42. The molecule has 0 aliphatic carbocycles. The van der Waals surface area contributed by atoms with E-state index in [-0.39, 0.29) is 0 Å². The first-order chi connectivity index (χ1) is 7.66. The fraction of sp³-hybridized carbons (Fsp3) is 0.556. The number of aliphatic hydroxyl groups is 4. The Bertz CT molecular complexity index is 260. The van der Waals surface area contributed by atoms with E-state index in [0.717, 1.165) is 0 Å². The predicted molar refractivity (Wildman–Crippen MR) is 52.0 cm³/mol. The number of aliphatic hydroxyl groups excluding tert-OH is 4. The van der Waals surface area contributed by atoms with Crippen LogP contribution in [0.1, 0.15) is 0 Å². The van der Waals surface area contributed by atoms with E-state index in [1.807, 2.05) is 0 Å². The molecule has 1 aromatic heterocycles. The van der Waals surface area contributed by atoms with Crippen LogP contribution in [0.25, 0.3) is 0 Å². The maximum Gasteiger partial charge on any atom is 0.184 e. The van der Waals surface area contributed by atoms with Crippen LogP contribution in [-0.2, 0) is 4.74 Å². The van der Waals surface area contributed by atoms with E-state index in [2.05, 4.69) is 14.7 Å². The van der Waals surface area contributed by atoms with Crippen LogP contribution in [0.2, 0.25) is 0 Å². The molecule has 0 bridgehead atoms. The first kappa shape index (κ1) is 12.9. The molecule has 7 nitrogen and oxygen atoms in total. The summed E-state index contributed by atoms with van der Waals surface area (Å²) in [6.07, 6.45) is 0.120. The van der Waals surface area contributed by atoms with Crippen molar-refractivity contribution in [1.82, 2.24) is 9.97 Å². The minimum absolute atomic E-state index is 0.407. The lowest BCUT2D eigenvalue weighted by molar-refractivity contribution is -0.132. The molecule has 1 saturated heterocycles. The zero-order chi connectivity index (χ0) is 12.0. The monoisotopic (exact) mass is 230 g/mol. The van der Waals surface area contributed by atoms with Crippen LogP contribution in [0.4, 0.5) is 0 Å². The molecule has 7 heteroatoms. The van der Waals surface area contributed by atoms with Crippen LogP contribution in [0.15, 0.2) is 24.8 Å². The Hall–Kier alpha value is -1.12. The van der Waals surface area contributed by atoms with E-state index in [0.29, 0.717) is 0 Å². The zero-order valence-corrected chi connectivity index (χ0v) is 8.42. The van der Waals surface area contributed by atoms with Crippen LogP contribution in [0.5, 0.6) is 0 Å². The van der Waals surface area contributed by atoms with Gasteiger partial charge in [0.1, 0.15) is 24.6 Å². The van der Waals surface area contributed by atoms with Gasteiger partial charge in [-0.05, 0) is 6.07 Å². The van der Waals surface area contributed by atoms with E-state index >= 15 is 0 Å². The average Bonchev–Trinajstić information content (AvgIpc) is 2.59. The summed E-state index contributed by atoms with van der Waals surface area (Å²) >= 11 is 0. The predicted octanol–water partition coefficient (Wildman–Crippen LogP) is -2.11. The summed E-state index contributed by atoms with van der Waals surface area (Å²) in [6.45, 7) is -0.407. The maximum atomic E-state index is 8.93. The van der Waals surface area contributed by atoms with Gasteiger partial charge in [-0.1, -0.05) is 0 Å². The van der Waals surface area contributed by atoms with Crippen LogP contribution in [0.3, 0.4) is 0 Å². The normalized spacial score (nSPS) is 33.0. The first-order valence-corrected chi connectivity index (χ1v) is 4.67. The standard InChI is InChI=1S/C5H10O5.C4H4N2/c6-1-2-3(7)4(8)5(9)10-2;1-2-5-4-6-3-1/h2-9H,1H2;1-4H/t2-,3-,4-,5-;/m1./s1. The molecule has 0 radical (unpaired) electrons. The Labute approximate surface area is 92.0 Å². The SMILES string of the molecule is OC[C@H]1O[C@@H](O)[C@H](O)[C@@H]1O.c1cncnc1. The highest BCUT2D eigenvalue weighted by Gasteiger charge is 2.41. The van der Waals surface area contributed by atoms with Gasteiger partial charge in [0.15, 0.2) is 6.29 Å². The topological polar surface area (TPSA) is 116 Å². The van der Waals surface area contributed by atoms with Gasteiger partial charge in [-0.3, -0.25) is 0 Å². The van der Waals surface area contributed by atoms with E-state index < -0.39 is 31.2 Å². The average molecular weight is 230 g/mol. The molecule has 0 unspecified atom stereocenters. The van der Waals surface area contributed by atoms with Crippen molar-refractivity contribution in [2.75, 3.05) is 6.61 Å². The second-order valence-corrected chi connectivity index (χ2v) is 3.13. The van der Waals surface area contributed by atoms with Crippen molar-refractivity contribution in [2.45, 2.75) is 24.6 Å². The third kappa shape index (κ3) is 3.47. The van der Waals surface area contributed by atoms with Gasteiger partial charge < -0.3 is 25.2 Å². The molecule has 90 valence electrons. The lowest BCUT2D eigenvalue weighted by Crippen LogP contribution is -2.33. The number of ether oxygens (including phenoxy) is 1. The third-order valence-electron chi connectivity index (χ3n) is 1.99. The highest BCUT2D eigenvalue weighted by Crippen LogP contribution is 2.18. The van der Waals surface area contributed by atoms with Crippen LogP contribution in [0, 0.1) is 0 Å². The number of hydrogen-bond donors (Lipinski definition) is 4. The van der Waals surface area contributed by atoms with Gasteiger partial charge >= 0.3 is 0 Å². The van der Waals surface area contributed by atoms with Gasteiger partial charge in [0, 0.05) is 12.4 Å². The maximum absolute atomic E-state index is 8.93. The van der Waals surface area contributed by atoms with Crippen molar-refractivity contribution in [3.63, 3.8) is 0 Å². The summed E-state index contributed by atoms with van der Waals surface area (Å²) in [5.74, 6) is 0. The van der Waals surface area contributed by atoms with E-state index in [9.17, 15) is 0 Å². The molecule has 4 N–H and O–H groups in total. The van der Waals surface area contributed by atoms with E-state index in [1.165, 1.54) is 6.33 Å². The minimum atomic E-state index is -1.38. The first-order valence-electron chi connectivity index (χ1n) is 4.67. The molecule has 1 fully saturated rings. The van der Waals surface area contributed by atoms with Crippen molar-refractivity contribution in [3.05, 3.63) is 24.8 Å². The number of hydrogen-bond acceptors (Lipinski definition) is 7. The Morgan fingerprint density at radius 2 is 1.69 bits per heavy atom. The number of nitrogens with zero attached hydrogens (tertiary/aromatic N) is 2. The molecule has 2 rings (SSSR count). The van der Waals surface area contributed by atoms with E-state index in [4.69, 9.17) is 20.4 Å². The highest BCUT2D eigenvalue weighted by atomic mass is 16.6. The molecule has 0 saturated carbocycles.